The van der Waals surface area contributed by atoms with Gasteiger partial charge in [0.2, 0.25) is 0 Å². The molecule has 0 aliphatic carbocycles. The lowest BCUT2D eigenvalue weighted by Crippen LogP contribution is -2.27. The first kappa shape index (κ1) is 12.7. The maximum atomic E-state index is 12.0. The lowest BCUT2D eigenvalue weighted by molar-refractivity contribution is 0.0206. The fourth-order valence-corrected chi connectivity index (χ4v) is 1.68. The van der Waals surface area contributed by atoms with Crippen LogP contribution in [0.1, 0.15) is 24.2 Å². The Kier molecular flexibility index (Phi) is 4.04. The summed E-state index contributed by atoms with van der Waals surface area (Å²) in [6, 6.07) is 5.43. The second-order valence-corrected chi connectivity index (χ2v) is 4.59. The van der Waals surface area contributed by atoms with Gasteiger partial charge in [-0.25, -0.2) is 5.48 Å². The van der Waals surface area contributed by atoms with E-state index < -0.39 is 0 Å². The first-order valence-electron chi connectivity index (χ1n) is 6.10. The van der Waals surface area contributed by atoms with E-state index in [4.69, 9.17) is 9.57 Å². The predicted octanol–water partition coefficient (Wildman–Crippen LogP) is 1.81. The van der Waals surface area contributed by atoms with Gasteiger partial charge in [-0.2, -0.15) is 0 Å². The molecule has 98 valence electrons. The summed E-state index contributed by atoms with van der Waals surface area (Å²) in [4.78, 5) is 17.1. The average Bonchev–Trinajstić information content (AvgIpc) is 2.37. The van der Waals surface area contributed by atoms with E-state index in [0.29, 0.717) is 30.4 Å². The molecular formula is C13H18N2O3. The smallest absolute Gasteiger partial charge is 0.278 e. The summed E-state index contributed by atoms with van der Waals surface area (Å²) in [6.07, 6.45) is 0. The Morgan fingerprint density at radius 2 is 2.39 bits per heavy atom. The van der Waals surface area contributed by atoms with Crippen LogP contribution in [0.5, 0.6) is 5.75 Å². The molecule has 5 nitrogen and oxygen atoms in total. The molecule has 1 amide bonds. The van der Waals surface area contributed by atoms with Crippen LogP contribution in [-0.2, 0) is 4.84 Å². The first-order valence-corrected chi connectivity index (χ1v) is 6.10. The van der Waals surface area contributed by atoms with Crippen LogP contribution >= 0.6 is 0 Å². The van der Waals surface area contributed by atoms with Crippen molar-refractivity contribution in [1.29, 1.82) is 0 Å². The molecule has 0 atom stereocenters. The third kappa shape index (κ3) is 2.92. The van der Waals surface area contributed by atoms with E-state index in [2.05, 4.69) is 10.8 Å². The highest BCUT2D eigenvalue weighted by Crippen LogP contribution is 2.30. The Labute approximate surface area is 106 Å². The molecule has 0 fully saturated rings. The minimum absolute atomic E-state index is 0.281. The lowest BCUT2D eigenvalue weighted by Gasteiger charge is -2.21. The van der Waals surface area contributed by atoms with Crippen molar-refractivity contribution in [1.82, 2.24) is 5.48 Å². The maximum absolute atomic E-state index is 12.0. The van der Waals surface area contributed by atoms with Gasteiger partial charge in [-0.15, -0.1) is 0 Å². The van der Waals surface area contributed by atoms with Crippen molar-refractivity contribution in [2.24, 2.45) is 5.92 Å². The standard InChI is InChI=1S/C13H18N2O3/c1-9(2)8-18-15-13(16)10-4-3-5-11-12(10)17-7-6-14-11/h3-5,9,14H,6-8H2,1-2H3,(H,15,16). The number of rotatable bonds is 4. The van der Waals surface area contributed by atoms with Crippen LogP contribution in [0, 0.1) is 5.92 Å². The summed E-state index contributed by atoms with van der Waals surface area (Å²) < 4.78 is 5.52. The predicted molar refractivity (Wildman–Crippen MR) is 68.7 cm³/mol. The normalized spacial score (nSPS) is 13.5. The van der Waals surface area contributed by atoms with Crippen molar-refractivity contribution >= 4 is 11.6 Å². The highest BCUT2D eigenvalue weighted by molar-refractivity contribution is 5.98. The number of hydrogen-bond donors (Lipinski definition) is 2. The summed E-state index contributed by atoms with van der Waals surface area (Å²) in [5, 5.41) is 3.19. The van der Waals surface area contributed by atoms with Crippen LogP contribution in [0.3, 0.4) is 0 Å². The van der Waals surface area contributed by atoms with Crippen LogP contribution in [0.4, 0.5) is 5.69 Å². The van der Waals surface area contributed by atoms with Crippen LogP contribution in [0.15, 0.2) is 18.2 Å². The lowest BCUT2D eigenvalue weighted by atomic mass is 10.1. The van der Waals surface area contributed by atoms with Crippen LogP contribution in [0.25, 0.3) is 0 Å². The molecule has 0 aromatic heterocycles. The number of benzene rings is 1. The summed E-state index contributed by atoms with van der Waals surface area (Å²) in [7, 11) is 0. The zero-order chi connectivity index (χ0) is 13.0. The summed E-state index contributed by atoms with van der Waals surface area (Å²) in [5.41, 5.74) is 3.77. The molecule has 2 rings (SSSR count). The van der Waals surface area contributed by atoms with Crippen molar-refractivity contribution in [3.8, 4) is 5.75 Å². The summed E-state index contributed by atoms with van der Waals surface area (Å²) >= 11 is 0. The Balaban J connectivity index is 2.06. The number of anilines is 1. The molecule has 0 saturated heterocycles. The number of fused-ring (bicyclic) bond motifs is 1. The molecule has 0 unspecified atom stereocenters. The molecule has 0 saturated carbocycles. The van der Waals surface area contributed by atoms with E-state index in [9.17, 15) is 4.79 Å². The second kappa shape index (κ2) is 5.73. The molecule has 5 heteroatoms. The van der Waals surface area contributed by atoms with Crippen molar-refractivity contribution in [2.75, 3.05) is 25.1 Å². The van der Waals surface area contributed by atoms with Gasteiger partial charge < -0.3 is 10.1 Å². The first-order chi connectivity index (χ1) is 8.68. The zero-order valence-electron chi connectivity index (χ0n) is 10.7. The van der Waals surface area contributed by atoms with Gasteiger partial charge in [0.25, 0.3) is 5.91 Å². The van der Waals surface area contributed by atoms with E-state index >= 15 is 0 Å². The number of amides is 1. The fourth-order valence-electron chi connectivity index (χ4n) is 1.68. The Bertz CT molecular complexity index is 432. The Morgan fingerprint density at radius 3 is 3.17 bits per heavy atom. The molecule has 18 heavy (non-hydrogen) atoms. The van der Waals surface area contributed by atoms with Gasteiger partial charge in [0, 0.05) is 6.54 Å². The van der Waals surface area contributed by atoms with Crippen molar-refractivity contribution in [2.45, 2.75) is 13.8 Å². The highest BCUT2D eigenvalue weighted by atomic mass is 16.7. The van der Waals surface area contributed by atoms with E-state index in [1.54, 1.807) is 6.07 Å². The van der Waals surface area contributed by atoms with Gasteiger partial charge in [-0.1, -0.05) is 19.9 Å². The number of hydroxylamine groups is 1. The van der Waals surface area contributed by atoms with Crippen molar-refractivity contribution in [3.63, 3.8) is 0 Å². The summed E-state index contributed by atoms with van der Waals surface area (Å²) in [5.74, 6) is 0.679. The topological polar surface area (TPSA) is 59.6 Å². The van der Waals surface area contributed by atoms with E-state index in [0.717, 1.165) is 12.2 Å². The molecule has 1 heterocycles. The molecule has 0 bridgehead atoms. The molecule has 1 aromatic carbocycles. The van der Waals surface area contributed by atoms with Crippen molar-refractivity contribution < 1.29 is 14.4 Å². The Morgan fingerprint density at radius 1 is 1.56 bits per heavy atom. The monoisotopic (exact) mass is 250 g/mol. The Hall–Kier alpha value is -1.75. The highest BCUT2D eigenvalue weighted by Gasteiger charge is 2.18. The minimum Gasteiger partial charge on any atom is -0.489 e. The average molecular weight is 250 g/mol. The third-order valence-electron chi connectivity index (χ3n) is 2.51. The molecular weight excluding hydrogens is 232 g/mol. The number of para-hydroxylation sites is 1. The van der Waals surface area contributed by atoms with Gasteiger partial charge in [0.1, 0.15) is 6.61 Å². The molecule has 2 N–H and O–H groups in total. The number of ether oxygens (including phenoxy) is 1. The fraction of sp³-hybridized carbons (Fsp3) is 0.462. The number of carbonyl (C=O) groups excluding carboxylic acids is 1. The number of nitrogens with one attached hydrogen (secondary N) is 2. The molecule has 0 radical (unpaired) electrons. The minimum atomic E-state index is -0.281. The summed E-state index contributed by atoms with van der Waals surface area (Å²) in [6.45, 7) is 5.83. The van der Waals surface area contributed by atoms with Crippen molar-refractivity contribution in [3.05, 3.63) is 23.8 Å². The largest absolute Gasteiger partial charge is 0.489 e. The van der Waals surface area contributed by atoms with Crippen LogP contribution < -0.4 is 15.5 Å². The number of carbonyl (C=O) groups is 1. The zero-order valence-corrected chi connectivity index (χ0v) is 10.7. The SMILES string of the molecule is CC(C)CONC(=O)c1cccc2c1OCCN2. The van der Waals surface area contributed by atoms with E-state index in [1.165, 1.54) is 0 Å². The van der Waals surface area contributed by atoms with Gasteiger partial charge in [0.05, 0.1) is 17.9 Å². The molecule has 1 aliphatic rings. The van der Waals surface area contributed by atoms with Gasteiger partial charge in [-0.05, 0) is 18.1 Å². The quantitative estimate of drug-likeness (QED) is 0.800. The molecule has 1 aliphatic heterocycles. The molecule has 0 spiro atoms. The van der Waals surface area contributed by atoms with E-state index in [1.807, 2.05) is 26.0 Å². The second-order valence-electron chi connectivity index (χ2n) is 4.59. The molecule has 1 aromatic rings. The van der Waals surface area contributed by atoms with Gasteiger partial charge >= 0.3 is 0 Å². The number of hydrogen-bond acceptors (Lipinski definition) is 4. The third-order valence-corrected chi connectivity index (χ3v) is 2.51. The van der Waals surface area contributed by atoms with E-state index in [-0.39, 0.29) is 5.91 Å². The van der Waals surface area contributed by atoms with Crippen LogP contribution in [0.2, 0.25) is 0 Å². The van der Waals surface area contributed by atoms with Crippen LogP contribution in [-0.4, -0.2) is 25.7 Å². The maximum Gasteiger partial charge on any atom is 0.278 e. The van der Waals surface area contributed by atoms with Gasteiger partial charge in [0.15, 0.2) is 5.75 Å². The van der Waals surface area contributed by atoms with Gasteiger partial charge in [-0.3, -0.25) is 9.63 Å².